The van der Waals surface area contributed by atoms with Crippen LogP contribution >= 0.6 is 11.8 Å². The predicted octanol–water partition coefficient (Wildman–Crippen LogP) is 2.73. The van der Waals surface area contributed by atoms with Crippen molar-refractivity contribution in [2.24, 2.45) is 0 Å². The summed E-state index contributed by atoms with van der Waals surface area (Å²) in [7, 11) is 0. The zero-order valence-corrected chi connectivity index (χ0v) is 16.5. The maximum absolute atomic E-state index is 13.0. The lowest BCUT2D eigenvalue weighted by atomic mass is 10.2. The first-order chi connectivity index (χ1) is 13.6. The Bertz CT molecular complexity index is 1270. The van der Waals surface area contributed by atoms with E-state index in [0.717, 1.165) is 19.3 Å². The van der Waals surface area contributed by atoms with Crippen LogP contribution in [0.15, 0.2) is 45.3 Å². The average molecular weight is 396 g/mol. The van der Waals surface area contributed by atoms with E-state index in [-0.39, 0.29) is 11.1 Å². The molecule has 0 aliphatic carbocycles. The topological polar surface area (TPSA) is 98.5 Å². The molecular formula is C19H20N6O2S. The summed E-state index contributed by atoms with van der Waals surface area (Å²) >= 11 is 1.38. The largest absolute Gasteiger partial charge is 0.315 e. The van der Waals surface area contributed by atoms with Gasteiger partial charge in [-0.15, -0.1) is 5.10 Å². The van der Waals surface area contributed by atoms with Crippen molar-refractivity contribution in [1.29, 1.82) is 0 Å². The minimum absolute atomic E-state index is 0.123. The summed E-state index contributed by atoms with van der Waals surface area (Å²) < 4.78 is 3.07. The molecule has 144 valence electrons. The van der Waals surface area contributed by atoms with E-state index in [1.807, 2.05) is 12.3 Å². The molecule has 0 spiro atoms. The van der Waals surface area contributed by atoms with Crippen molar-refractivity contribution in [3.8, 4) is 5.95 Å². The van der Waals surface area contributed by atoms with Gasteiger partial charge < -0.3 is 4.57 Å². The molecule has 0 radical (unpaired) electrons. The highest BCUT2D eigenvalue weighted by Crippen LogP contribution is 2.16. The van der Waals surface area contributed by atoms with E-state index < -0.39 is 0 Å². The number of hydrogen-bond acceptors (Lipinski definition) is 6. The van der Waals surface area contributed by atoms with Crippen LogP contribution in [-0.4, -0.2) is 35.6 Å². The van der Waals surface area contributed by atoms with Gasteiger partial charge in [-0.1, -0.05) is 31.5 Å². The van der Waals surface area contributed by atoms with Crippen LogP contribution in [0.25, 0.3) is 27.8 Å². The molecule has 0 saturated carbocycles. The average Bonchev–Trinajstić information content (AvgIpc) is 3.18. The van der Waals surface area contributed by atoms with Crippen LogP contribution in [0.5, 0.6) is 0 Å². The molecule has 8 nitrogen and oxygen atoms in total. The number of hydrogen-bond donors (Lipinski definition) is 1. The molecule has 0 unspecified atom stereocenters. The van der Waals surface area contributed by atoms with Gasteiger partial charge in [0.05, 0.1) is 21.8 Å². The van der Waals surface area contributed by atoms with Crippen molar-refractivity contribution in [3.63, 3.8) is 0 Å². The molecule has 0 aromatic carbocycles. The van der Waals surface area contributed by atoms with E-state index in [9.17, 15) is 9.59 Å². The SMILES string of the molecule is CCCCCn1ccc2nc3ccn(-c4nc(SC)n[nH]4)c(=O)c3cc2c1=O. The molecular weight excluding hydrogens is 376 g/mol. The molecule has 0 aliphatic heterocycles. The van der Waals surface area contributed by atoms with E-state index in [1.165, 1.54) is 16.3 Å². The number of H-pyrrole nitrogens is 1. The van der Waals surface area contributed by atoms with Gasteiger partial charge in [-0.25, -0.2) is 10.1 Å². The molecule has 0 amide bonds. The van der Waals surface area contributed by atoms with Crippen LogP contribution in [0.1, 0.15) is 26.2 Å². The molecule has 0 fully saturated rings. The van der Waals surface area contributed by atoms with E-state index in [0.29, 0.717) is 39.5 Å². The summed E-state index contributed by atoms with van der Waals surface area (Å²) in [6, 6.07) is 5.21. The number of thioether (sulfide) groups is 1. The molecule has 28 heavy (non-hydrogen) atoms. The number of unbranched alkanes of at least 4 members (excludes halogenated alkanes) is 2. The lowest BCUT2D eigenvalue weighted by Gasteiger charge is -2.08. The molecule has 4 rings (SSSR count). The van der Waals surface area contributed by atoms with Crippen molar-refractivity contribution >= 4 is 33.6 Å². The number of fused-ring (bicyclic) bond motifs is 2. The van der Waals surface area contributed by atoms with E-state index in [2.05, 4.69) is 27.1 Å². The van der Waals surface area contributed by atoms with Gasteiger partial charge >= 0.3 is 0 Å². The first kappa shape index (κ1) is 18.4. The van der Waals surface area contributed by atoms with Gasteiger partial charge in [0.2, 0.25) is 11.1 Å². The zero-order chi connectivity index (χ0) is 19.7. The highest BCUT2D eigenvalue weighted by Gasteiger charge is 2.12. The molecule has 4 aromatic heterocycles. The summed E-state index contributed by atoms with van der Waals surface area (Å²) in [4.78, 5) is 34.6. The van der Waals surface area contributed by atoms with Crippen molar-refractivity contribution in [3.05, 3.63) is 51.3 Å². The summed E-state index contributed by atoms with van der Waals surface area (Å²) in [5.74, 6) is 0.335. The molecule has 4 heterocycles. The van der Waals surface area contributed by atoms with Gasteiger partial charge in [-0.05, 0) is 30.9 Å². The molecule has 0 saturated heterocycles. The maximum atomic E-state index is 13.0. The number of nitrogens with zero attached hydrogens (tertiary/aromatic N) is 5. The minimum atomic E-state index is -0.295. The van der Waals surface area contributed by atoms with Crippen LogP contribution in [0.3, 0.4) is 0 Å². The molecule has 0 bridgehead atoms. The highest BCUT2D eigenvalue weighted by molar-refractivity contribution is 7.98. The van der Waals surface area contributed by atoms with Crippen LogP contribution in [0.4, 0.5) is 0 Å². The van der Waals surface area contributed by atoms with Crippen molar-refractivity contribution in [2.45, 2.75) is 37.9 Å². The Morgan fingerprint density at radius 2 is 1.79 bits per heavy atom. The fraction of sp³-hybridized carbons (Fsp3) is 0.316. The van der Waals surface area contributed by atoms with Crippen LogP contribution in [0, 0.1) is 0 Å². The normalized spacial score (nSPS) is 11.5. The number of pyridine rings is 3. The third kappa shape index (κ3) is 3.22. The number of aryl methyl sites for hydroxylation is 1. The van der Waals surface area contributed by atoms with Crippen molar-refractivity contribution in [1.82, 2.24) is 29.3 Å². The molecule has 0 atom stereocenters. The van der Waals surface area contributed by atoms with Crippen molar-refractivity contribution < 1.29 is 0 Å². The first-order valence-corrected chi connectivity index (χ1v) is 10.4. The Kier molecular flexibility index (Phi) is 4.99. The summed E-state index contributed by atoms with van der Waals surface area (Å²) in [5.41, 5.74) is 0.714. The second kappa shape index (κ2) is 7.59. The Morgan fingerprint density at radius 1 is 1.04 bits per heavy atom. The molecule has 4 aromatic rings. The zero-order valence-electron chi connectivity index (χ0n) is 15.7. The summed E-state index contributed by atoms with van der Waals surface area (Å²) in [5, 5.41) is 8.17. The van der Waals surface area contributed by atoms with Gasteiger partial charge in [0.1, 0.15) is 0 Å². The number of aromatic amines is 1. The van der Waals surface area contributed by atoms with Gasteiger partial charge in [0, 0.05) is 18.9 Å². The third-order valence-electron chi connectivity index (χ3n) is 4.68. The number of rotatable bonds is 6. The Morgan fingerprint density at radius 3 is 2.50 bits per heavy atom. The van der Waals surface area contributed by atoms with Crippen LogP contribution < -0.4 is 11.1 Å². The van der Waals surface area contributed by atoms with E-state index in [4.69, 9.17) is 0 Å². The van der Waals surface area contributed by atoms with Crippen LogP contribution in [0.2, 0.25) is 0 Å². The van der Waals surface area contributed by atoms with Crippen molar-refractivity contribution in [2.75, 3.05) is 6.26 Å². The Labute approximate surface area is 164 Å². The van der Waals surface area contributed by atoms with Gasteiger partial charge in [0.25, 0.3) is 11.1 Å². The smallest absolute Gasteiger partial charge is 0.266 e. The molecule has 1 N–H and O–H groups in total. The van der Waals surface area contributed by atoms with Gasteiger partial charge in [0.15, 0.2) is 0 Å². The quantitative estimate of drug-likeness (QED) is 0.306. The summed E-state index contributed by atoms with van der Waals surface area (Å²) in [6.45, 7) is 2.79. The van der Waals surface area contributed by atoms with Gasteiger partial charge in [-0.3, -0.25) is 14.2 Å². The minimum Gasteiger partial charge on any atom is -0.315 e. The second-order valence-electron chi connectivity index (χ2n) is 6.51. The van der Waals surface area contributed by atoms with Crippen LogP contribution in [-0.2, 0) is 6.54 Å². The Hall–Kier alpha value is -2.94. The predicted molar refractivity (Wildman–Crippen MR) is 110 cm³/mol. The van der Waals surface area contributed by atoms with E-state index >= 15 is 0 Å². The molecule has 0 aliphatic rings. The van der Waals surface area contributed by atoms with Gasteiger partial charge in [-0.2, -0.15) is 4.98 Å². The Balaban J connectivity index is 1.86. The standard InChI is InChI=1S/C19H20N6O2S/c1-3-4-5-8-24-9-6-14-12(16(24)26)11-13-15(20-14)7-10-25(17(13)27)18-21-19(28-2)23-22-18/h6-7,9-11H,3-5,8H2,1-2H3,(H,21,22,23). The lowest BCUT2D eigenvalue weighted by Crippen LogP contribution is -2.22. The second-order valence-corrected chi connectivity index (χ2v) is 7.29. The molecule has 9 heteroatoms. The monoisotopic (exact) mass is 396 g/mol. The first-order valence-electron chi connectivity index (χ1n) is 9.14. The summed E-state index contributed by atoms with van der Waals surface area (Å²) in [6.07, 6.45) is 8.35. The maximum Gasteiger partial charge on any atom is 0.266 e. The number of aromatic nitrogens is 6. The number of nitrogens with one attached hydrogen (secondary N) is 1. The fourth-order valence-electron chi connectivity index (χ4n) is 3.18. The highest BCUT2D eigenvalue weighted by atomic mass is 32.2. The van der Waals surface area contributed by atoms with E-state index in [1.54, 1.807) is 29.1 Å². The lowest BCUT2D eigenvalue weighted by molar-refractivity contribution is 0.590. The third-order valence-corrected chi connectivity index (χ3v) is 5.23. The fourth-order valence-corrected chi connectivity index (χ4v) is 3.49.